The van der Waals surface area contributed by atoms with Crippen LogP contribution in [0.4, 0.5) is 5.69 Å². The molecule has 0 aliphatic carbocycles. The fraction of sp³-hybridized carbons (Fsp3) is 0.286. The molecule has 0 aliphatic rings. The molecule has 0 unspecified atom stereocenters. The van der Waals surface area contributed by atoms with Crippen molar-refractivity contribution in [2.24, 2.45) is 0 Å². The van der Waals surface area contributed by atoms with E-state index in [9.17, 15) is 4.79 Å². The van der Waals surface area contributed by atoms with E-state index in [1.165, 1.54) is 5.56 Å². The van der Waals surface area contributed by atoms with E-state index < -0.39 is 0 Å². The molecule has 7 heteroatoms. The molecule has 3 aromatic rings. The fourth-order valence-electron chi connectivity index (χ4n) is 2.77. The number of benzene rings is 2. The number of ether oxygens (including phenoxy) is 1. The molecular formula is C21H23N3O3S. The number of carbonyl (C=O) groups excluding carboxylic acids is 1. The summed E-state index contributed by atoms with van der Waals surface area (Å²) >= 11 is 1.16. The van der Waals surface area contributed by atoms with Crippen LogP contribution in [0.15, 0.2) is 46.0 Å². The zero-order valence-corrected chi connectivity index (χ0v) is 17.2. The molecule has 0 amide bonds. The molecule has 0 fully saturated rings. The molecule has 6 nitrogen and oxygen atoms in total. The molecule has 1 aromatic heterocycles. The van der Waals surface area contributed by atoms with Crippen LogP contribution in [0.3, 0.4) is 0 Å². The van der Waals surface area contributed by atoms with Crippen LogP contribution in [0.5, 0.6) is 5.75 Å². The van der Waals surface area contributed by atoms with Gasteiger partial charge >= 0.3 is 5.97 Å². The highest BCUT2D eigenvalue weighted by Crippen LogP contribution is 2.24. The first-order valence-corrected chi connectivity index (χ1v) is 9.94. The Morgan fingerprint density at radius 2 is 1.82 bits per heavy atom. The maximum atomic E-state index is 12.1. The smallest absolute Gasteiger partial charge is 0.321 e. The molecule has 0 aliphatic heterocycles. The topological polar surface area (TPSA) is 77.2 Å². The third-order valence-electron chi connectivity index (χ3n) is 4.20. The largest absolute Gasteiger partial charge is 0.425 e. The van der Waals surface area contributed by atoms with Crippen molar-refractivity contribution in [3.05, 3.63) is 64.5 Å². The van der Waals surface area contributed by atoms with Gasteiger partial charge in [0.05, 0.1) is 6.54 Å². The van der Waals surface area contributed by atoms with Crippen molar-refractivity contribution in [1.29, 1.82) is 0 Å². The Kier molecular flexibility index (Phi) is 6.36. The maximum absolute atomic E-state index is 12.1. The fourth-order valence-corrected chi connectivity index (χ4v) is 3.33. The van der Waals surface area contributed by atoms with Crippen molar-refractivity contribution in [2.75, 3.05) is 11.1 Å². The Morgan fingerprint density at radius 1 is 1.07 bits per heavy atom. The highest BCUT2D eigenvalue weighted by atomic mass is 32.2. The summed E-state index contributed by atoms with van der Waals surface area (Å²) in [6.45, 7) is 8.35. The monoisotopic (exact) mass is 397 g/mol. The lowest BCUT2D eigenvalue weighted by molar-refractivity contribution is -0.131. The van der Waals surface area contributed by atoms with Crippen LogP contribution in [0, 0.1) is 27.7 Å². The number of thioether (sulfide) groups is 1. The molecule has 1 heterocycles. The summed E-state index contributed by atoms with van der Waals surface area (Å²) in [5.41, 5.74) is 5.25. The average Bonchev–Trinajstić information content (AvgIpc) is 3.10. The molecule has 28 heavy (non-hydrogen) atoms. The molecule has 0 saturated heterocycles. The SMILES string of the molecule is Cc1ccc(NCc2nnc(SCC(=O)Oc3c(C)cccc3C)o2)c(C)c1. The van der Waals surface area contributed by atoms with Gasteiger partial charge in [0.15, 0.2) is 0 Å². The Morgan fingerprint density at radius 3 is 2.54 bits per heavy atom. The zero-order chi connectivity index (χ0) is 20.1. The van der Waals surface area contributed by atoms with Gasteiger partial charge in [-0.15, -0.1) is 10.2 Å². The second kappa shape index (κ2) is 8.93. The van der Waals surface area contributed by atoms with E-state index in [2.05, 4.69) is 28.5 Å². The van der Waals surface area contributed by atoms with Gasteiger partial charge in [0.25, 0.3) is 5.22 Å². The number of nitrogens with one attached hydrogen (secondary N) is 1. The lowest BCUT2D eigenvalue weighted by atomic mass is 10.1. The summed E-state index contributed by atoms with van der Waals surface area (Å²) in [5.74, 6) is 0.818. The van der Waals surface area contributed by atoms with Gasteiger partial charge < -0.3 is 14.5 Å². The van der Waals surface area contributed by atoms with E-state index in [4.69, 9.17) is 9.15 Å². The number of carbonyl (C=O) groups is 1. The standard InChI is InChI=1S/C21H23N3O3S/c1-13-8-9-17(16(4)10-13)22-11-18-23-24-21(26-18)28-12-19(25)27-20-14(2)6-5-7-15(20)3/h5-10,22H,11-12H2,1-4H3. The summed E-state index contributed by atoms with van der Waals surface area (Å²) in [4.78, 5) is 12.1. The van der Waals surface area contributed by atoms with Crippen molar-refractivity contribution in [3.63, 3.8) is 0 Å². The summed E-state index contributed by atoms with van der Waals surface area (Å²) in [7, 11) is 0. The molecule has 3 rings (SSSR count). The highest BCUT2D eigenvalue weighted by Gasteiger charge is 2.13. The molecule has 1 N–H and O–H groups in total. The number of anilines is 1. The minimum atomic E-state index is -0.351. The number of rotatable bonds is 7. The van der Waals surface area contributed by atoms with Crippen LogP contribution in [-0.4, -0.2) is 21.9 Å². The zero-order valence-electron chi connectivity index (χ0n) is 16.4. The summed E-state index contributed by atoms with van der Waals surface area (Å²) in [6.07, 6.45) is 0. The summed E-state index contributed by atoms with van der Waals surface area (Å²) in [6, 6.07) is 11.9. The van der Waals surface area contributed by atoms with Crippen molar-refractivity contribution in [3.8, 4) is 5.75 Å². The maximum Gasteiger partial charge on any atom is 0.321 e. The third-order valence-corrected chi connectivity index (χ3v) is 4.99. The second-order valence-electron chi connectivity index (χ2n) is 6.62. The van der Waals surface area contributed by atoms with Crippen molar-refractivity contribution in [1.82, 2.24) is 10.2 Å². The number of nitrogens with zero attached hydrogens (tertiary/aromatic N) is 2. The first kappa shape index (κ1) is 19.9. The molecular weight excluding hydrogens is 374 g/mol. The predicted octanol–water partition coefficient (Wildman–Crippen LogP) is 4.61. The van der Waals surface area contributed by atoms with E-state index in [0.29, 0.717) is 23.4 Å². The van der Waals surface area contributed by atoms with Gasteiger partial charge in [-0.25, -0.2) is 0 Å². The first-order chi connectivity index (χ1) is 13.4. The number of aryl methyl sites for hydroxylation is 4. The number of para-hydroxylation sites is 1. The van der Waals surface area contributed by atoms with Gasteiger partial charge in [0, 0.05) is 5.69 Å². The third kappa shape index (κ3) is 5.13. The van der Waals surface area contributed by atoms with Gasteiger partial charge in [-0.3, -0.25) is 4.79 Å². The van der Waals surface area contributed by atoms with Gasteiger partial charge in [-0.2, -0.15) is 0 Å². The van der Waals surface area contributed by atoms with Gasteiger partial charge in [0.1, 0.15) is 11.5 Å². The number of hydrogen-bond donors (Lipinski definition) is 1. The van der Waals surface area contributed by atoms with Crippen LogP contribution in [-0.2, 0) is 11.3 Å². The van der Waals surface area contributed by atoms with Crippen LogP contribution < -0.4 is 10.1 Å². The Bertz CT molecular complexity index is 965. The minimum absolute atomic E-state index is 0.0971. The van der Waals surface area contributed by atoms with Crippen LogP contribution in [0.2, 0.25) is 0 Å². The molecule has 146 valence electrons. The summed E-state index contributed by atoms with van der Waals surface area (Å²) in [5, 5.41) is 11.6. The van der Waals surface area contributed by atoms with E-state index in [1.54, 1.807) is 0 Å². The molecule has 0 radical (unpaired) electrons. The normalized spacial score (nSPS) is 10.7. The van der Waals surface area contributed by atoms with Gasteiger partial charge in [-0.1, -0.05) is 47.7 Å². The van der Waals surface area contributed by atoms with Gasteiger partial charge in [-0.05, 0) is 50.5 Å². The van der Waals surface area contributed by atoms with Crippen LogP contribution in [0.25, 0.3) is 0 Å². The Hall–Kier alpha value is -2.80. The minimum Gasteiger partial charge on any atom is -0.425 e. The van der Waals surface area contributed by atoms with E-state index in [-0.39, 0.29) is 11.7 Å². The Labute approximate surface area is 168 Å². The molecule has 0 spiro atoms. The summed E-state index contributed by atoms with van der Waals surface area (Å²) < 4.78 is 11.1. The van der Waals surface area contributed by atoms with Crippen molar-refractivity contribution >= 4 is 23.4 Å². The first-order valence-electron chi connectivity index (χ1n) is 8.95. The van der Waals surface area contributed by atoms with E-state index in [1.807, 2.05) is 51.1 Å². The number of aromatic nitrogens is 2. The highest BCUT2D eigenvalue weighted by molar-refractivity contribution is 7.99. The van der Waals surface area contributed by atoms with Crippen molar-refractivity contribution in [2.45, 2.75) is 39.5 Å². The molecule has 2 aromatic carbocycles. The number of hydrogen-bond acceptors (Lipinski definition) is 7. The Balaban J connectivity index is 1.51. The predicted molar refractivity (Wildman–Crippen MR) is 110 cm³/mol. The van der Waals surface area contributed by atoms with Crippen LogP contribution in [0.1, 0.15) is 28.1 Å². The quantitative estimate of drug-likeness (QED) is 0.354. The molecule has 0 saturated carbocycles. The second-order valence-corrected chi connectivity index (χ2v) is 7.54. The molecule has 0 bridgehead atoms. The average molecular weight is 398 g/mol. The lowest BCUT2D eigenvalue weighted by Crippen LogP contribution is -2.12. The number of esters is 1. The van der Waals surface area contributed by atoms with E-state index >= 15 is 0 Å². The van der Waals surface area contributed by atoms with Crippen molar-refractivity contribution < 1.29 is 13.9 Å². The van der Waals surface area contributed by atoms with E-state index in [0.717, 1.165) is 34.1 Å². The van der Waals surface area contributed by atoms with Crippen LogP contribution >= 0.6 is 11.8 Å². The molecule has 0 atom stereocenters. The van der Waals surface area contributed by atoms with Gasteiger partial charge in [0.2, 0.25) is 5.89 Å². The lowest BCUT2D eigenvalue weighted by Gasteiger charge is -2.09.